The Kier molecular flexibility index (Phi) is 5.09. The topological polar surface area (TPSA) is 38.3 Å². The summed E-state index contributed by atoms with van der Waals surface area (Å²) in [7, 11) is 0. The Morgan fingerprint density at radius 2 is 2.00 bits per heavy atom. The van der Waals surface area contributed by atoms with Gasteiger partial charge in [-0.2, -0.15) is 0 Å². The van der Waals surface area contributed by atoms with E-state index in [1.807, 2.05) is 13.8 Å². The molecular formula is C12H23NO2. The third-order valence-corrected chi connectivity index (χ3v) is 2.78. The smallest absolute Gasteiger partial charge is 0.227 e. The number of carbonyl (C=O) groups excluding carboxylic acids is 1. The maximum atomic E-state index is 11.4. The van der Waals surface area contributed by atoms with Gasteiger partial charge in [0, 0.05) is 6.04 Å². The van der Waals surface area contributed by atoms with Crippen LogP contribution < -0.4 is 5.32 Å². The van der Waals surface area contributed by atoms with E-state index in [1.54, 1.807) is 0 Å². The van der Waals surface area contributed by atoms with Gasteiger partial charge in [-0.25, -0.2) is 0 Å². The number of rotatable bonds is 4. The summed E-state index contributed by atoms with van der Waals surface area (Å²) in [6.45, 7) is 7.32. The first-order chi connectivity index (χ1) is 7.25. The molecule has 1 atom stereocenters. The lowest BCUT2D eigenvalue weighted by molar-refractivity contribution is -0.139. The summed E-state index contributed by atoms with van der Waals surface area (Å²) in [5.74, 6) is 1.19. The lowest BCUT2D eigenvalue weighted by Gasteiger charge is -2.26. The molecule has 3 heteroatoms. The Hall–Kier alpha value is -0.570. The maximum absolute atomic E-state index is 11.4. The van der Waals surface area contributed by atoms with Crippen LogP contribution in [0.25, 0.3) is 0 Å². The van der Waals surface area contributed by atoms with Gasteiger partial charge in [0.1, 0.15) is 0 Å². The molecule has 2 aliphatic rings. The van der Waals surface area contributed by atoms with Crippen molar-refractivity contribution in [2.24, 2.45) is 11.8 Å². The SMILES string of the molecule is CC.CC(CC1CC1)NC(=O)C1COC1. The summed E-state index contributed by atoms with van der Waals surface area (Å²) in [4.78, 5) is 11.4. The van der Waals surface area contributed by atoms with Crippen molar-refractivity contribution in [1.82, 2.24) is 5.32 Å². The Balaban J connectivity index is 0.000000531. The second kappa shape index (κ2) is 6.11. The van der Waals surface area contributed by atoms with Crippen molar-refractivity contribution in [1.29, 1.82) is 0 Å². The van der Waals surface area contributed by atoms with E-state index < -0.39 is 0 Å². The first-order valence-electron chi connectivity index (χ1n) is 6.14. The summed E-state index contributed by atoms with van der Waals surface area (Å²) in [6, 6.07) is 0.348. The van der Waals surface area contributed by atoms with Crippen molar-refractivity contribution >= 4 is 5.91 Å². The summed E-state index contributed by atoms with van der Waals surface area (Å²) >= 11 is 0. The quantitative estimate of drug-likeness (QED) is 0.775. The lowest BCUT2D eigenvalue weighted by Crippen LogP contribution is -2.45. The van der Waals surface area contributed by atoms with E-state index in [4.69, 9.17) is 4.74 Å². The van der Waals surface area contributed by atoms with E-state index in [-0.39, 0.29) is 11.8 Å². The number of hydrogen-bond acceptors (Lipinski definition) is 2. The van der Waals surface area contributed by atoms with E-state index in [9.17, 15) is 4.79 Å². The molecule has 0 spiro atoms. The van der Waals surface area contributed by atoms with Gasteiger partial charge >= 0.3 is 0 Å². The fourth-order valence-corrected chi connectivity index (χ4v) is 1.66. The van der Waals surface area contributed by atoms with Crippen LogP contribution in [0.1, 0.15) is 40.0 Å². The third kappa shape index (κ3) is 4.20. The largest absolute Gasteiger partial charge is 0.380 e. The maximum Gasteiger partial charge on any atom is 0.227 e. The third-order valence-electron chi connectivity index (χ3n) is 2.78. The van der Waals surface area contributed by atoms with E-state index in [2.05, 4.69) is 12.2 Å². The molecule has 88 valence electrons. The minimum atomic E-state index is 0.127. The molecule has 0 aromatic carbocycles. The second-order valence-electron chi connectivity index (χ2n) is 4.32. The molecule has 1 amide bonds. The highest BCUT2D eigenvalue weighted by Crippen LogP contribution is 2.33. The molecule has 15 heavy (non-hydrogen) atoms. The monoisotopic (exact) mass is 213 g/mol. The molecule has 1 aliphatic heterocycles. The molecule has 0 radical (unpaired) electrons. The molecular weight excluding hydrogens is 190 g/mol. The van der Waals surface area contributed by atoms with Gasteiger partial charge in [-0.15, -0.1) is 0 Å². The fraction of sp³-hybridized carbons (Fsp3) is 0.917. The van der Waals surface area contributed by atoms with Gasteiger partial charge in [0.2, 0.25) is 5.91 Å². The van der Waals surface area contributed by atoms with Crippen molar-refractivity contribution in [3.63, 3.8) is 0 Å². The minimum absolute atomic E-state index is 0.127. The first-order valence-corrected chi connectivity index (χ1v) is 6.14. The standard InChI is InChI=1S/C10H17NO2.C2H6/c1-7(4-8-2-3-8)11-10(12)9-5-13-6-9;1-2/h7-9H,2-6H2,1H3,(H,11,12);1-2H3. The van der Waals surface area contributed by atoms with Crippen LogP contribution in [0.5, 0.6) is 0 Å². The van der Waals surface area contributed by atoms with Crippen LogP contribution in [0.15, 0.2) is 0 Å². The Labute approximate surface area is 92.6 Å². The van der Waals surface area contributed by atoms with Gasteiger partial charge in [0.05, 0.1) is 19.1 Å². The molecule has 2 fully saturated rings. The summed E-state index contributed by atoms with van der Waals surface area (Å²) in [6.07, 6.45) is 3.86. The zero-order valence-electron chi connectivity index (χ0n) is 10.1. The van der Waals surface area contributed by atoms with E-state index in [0.29, 0.717) is 19.3 Å². The zero-order valence-corrected chi connectivity index (χ0v) is 10.1. The number of amides is 1. The number of ether oxygens (including phenoxy) is 1. The van der Waals surface area contributed by atoms with Gasteiger partial charge < -0.3 is 10.1 Å². The van der Waals surface area contributed by atoms with Crippen LogP contribution >= 0.6 is 0 Å². The molecule has 0 bridgehead atoms. The average Bonchev–Trinajstić information content (AvgIpc) is 2.88. The van der Waals surface area contributed by atoms with Crippen molar-refractivity contribution in [2.45, 2.75) is 46.1 Å². The molecule has 0 aromatic heterocycles. The minimum Gasteiger partial charge on any atom is -0.380 e. The fourth-order valence-electron chi connectivity index (χ4n) is 1.66. The van der Waals surface area contributed by atoms with Crippen molar-refractivity contribution in [3.05, 3.63) is 0 Å². The van der Waals surface area contributed by atoms with Crippen LogP contribution in [0.2, 0.25) is 0 Å². The molecule has 1 saturated carbocycles. The highest BCUT2D eigenvalue weighted by Gasteiger charge is 2.29. The zero-order chi connectivity index (χ0) is 11.3. The second-order valence-corrected chi connectivity index (χ2v) is 4.32. The van der Waals surface area contributed by atoms with Gasteiger partial charge in [0.25, 0.3) is 0 Å². The van der Waals surface area contributed by atoms with E-state index in [1.165, 1.54) is 12.8 Å². The Bertz CT molecular complexity index is 198. The molecule has 1 aliphatic carbocycles. The van der Waals surface area contributed by atoms with E-state index in [0.717, 1.165) is 12.3 Å². The van der Waals surface area contributed by atoms with Gasteiger partial charge in [-0.1, -0.05) is 26.7 Å². The molecule has 3 nitrogen and oxygen atoms in total. The number of carbonyl (C=O) groups is 1. The molecule has 1 saturated heterocycles. The van der Waals surface area contributed by atoms with Crippen LogP contribution in [0.4, 0.5) is 0 Å². The van der Waals surface area contributed by atoms with Gasteiger partial charge in [-0.05, 0) is 19.3 Å². The van der Waals surface area contributed by atoms with Crippen LogP contribution in [0, 0.1) is 11.8 Å². The first kappa shape index (κ1) is 12.5. The average molecular weight is 213 g/mol. The molecule has 0 aromatic rings. The highest BCUT2D eigenvalue weighted by atomic mass is 16.5. The van der Waals surface area contributed by atoms with E-state index >= 15 is 0 Å². The van der Waals surface area contributed by atoms with Gasteiger partial charge in [0.15, 0.2) is 0 Å². The molecule has 1 N–H and O–H groups in total. The van der Waals surface area contributed by atoms with Gasteiger partial charge in [-0.3, -0.25) is 4.79 Å². The van der Waals surface area contributed by atoms with Crippen molar-refractivity contribution < 1.29 is 9.53 Å². The number of nitrogens with one attached hydrogen (secondary N) is 1. The number of hydrogen-bond donors (Lipinski definition) is 1. The summed E-state index contributed by atoms with van der Waals surface area (Å²) < 4.78 is 4.97. The molecule has 2 rings (SSSR count). The van der Waals surface area contributed by atoms with Crippen molar-refractivity contribution in [2.75, 3.05) is 13.2 Å². The summed E-state index contributed by atoms with van der Waals surface area (Å²) in [5.41, 5.74) is 0. The lowest BCUT2D eigenvalue weighted by atomic mass is 10.1. The van der Waals surface area contributed by atoms with Crippen LogP contribution in [-0.2, 0) is 9.53 Å². The normalized spacial score (nSPS) is 22.1. The van der Waals surface area contributed by atoms with Crippen LogP contribution in [-0.4, -0.2) is 25.2 Å². The highest BCUT2D eigenvalue weighted by molar-refractivity contribution is 5.79. The molecule has 1 unspecified atom stereocenters. The van der Waals surface area contributed by atoms with Crippen LogP contribution in [0.3, 0.4) is 0 Å². The molecule has 1 heterocycles. The predicted octanol–water partition coefficient (Wildman–Crippen LogP) is 1.96. The summed E-state index contributed by atoms with van der Waals surface area (Å²) in [5, 5.41) is 3.03. The van der Waals surface area contributed by atoms with Crippen molar-refractivity contribution in [3.8, 4) is 0 Å². The Morgan fingerprint density at radius 3 is 2.40 bits per heavy atom. The predicted molar refractivity (Wildman–Crippen MR) is 60.6 cm³/mol. The Morgan fingerprint density at radius 1 is 1.40 bits per heavy atom.